The zero-order chi connectivity index (χ0) is 26.5. The number of halogens is 1. The van der Waals surface area contributed by atoms with E-state index in [-0.39, 0.29) is 0 Å². The van der Waals surface area contributed by atoms with Crippen LogP contribution in [0, 0.1) is 11.3 Å². The maximum atomic E-state index is 10.5. The summed E-state index contributed by atoms with van der Waals surface area (Å²) < 4.78 is 7.55. The van der Waals surface area contributed by atoms with Crippen LogP contribution in [0.25, 0.3) is 10.8 Å². The number of likely N-dealkylation sites (N-methyl/N-ethyl adjacent to an activating group) is 1. The number of nitrogens with one attached hydrogen (secondary N) is 1. The molecular weight excluding hydrogens is 552 g/mol. The lowest BCUT2D eigenvalue weighted by atomic mass is 9.94. The SMILES string of the molecule is CN1CCCC1COc1nc(N2C3CCC2CNC3)c2c(c1C#N)CN(c1cccc3cccc(Br)c13)CC2. The number of pyridine rings is 1. The topological polar surface area (TPSA) is 67.7 Å². The van der Waals surface area contributed by atoms with Gasteiger partial charge in [0, 0.05) is 71.0 Å². The van der Waals surface area contributed by atoms with E-state index in [4.69, 9.17) is 9.72 Å². The molecule has 0 aliphatic carbocycles. The van der Waals surface area contributed by atoms with Crippen LogP contribution < -0.4 is 19.9 Å². The molecule has 1 aromatic heterocycles. The Kier molecular flexibility index (Phi) is 6.62. The Bertz CT molecular complexity index is 1430. The van der Waals surface area contributed by atoms with Crippen molar-refractivity contribution in [2.75, 3.05) is 49.6 Å². The highest BCUT2D eigenvalue weighted by atomic mass is 79.9. The van der Waals surface area contributed by atoms with Crippen LogP contribution in [0.5, 0.6) is 5.88 Å². The second-order valence-corrected chi connectivity index (χ2v) is 12.4. The molecule has 3 fully saturated rings. The maximum Gasteiger partial charge on any atom is 0.234 e. The minimum atomic E-state index is 0.373. The predicted octanol–water partition coefficient (Wildman–Crippen LogP) is 4.85. The van der Waals surface area contributed by atoms with Crippen LogP contribution >= 0.6 is 15.9 Å². The van der Waals surface area contributed by atoms with Gasteiger partial charge in [-0.3, -0.25) is 0 Å². The summed E-state index contributed by atoms with van der Waals surface area (Å²) >= 11 is 3.80. The lowest BCUT2D eigenvalue weighted by Crippen LogP contribution is -2.53. The number of aromatic nitrogens is 1. The summed E-state index contributed by atoms with van der Waals surface area (Å²) in [4.78, 5) is 12.5. The molecule has 39 heavy (non-hydrogen) atoms. The molecule has 0 saturated carbocycles. The Hall–Kier alpha value is -2.86. The highest BCUT2D eigenvalue weighted by molar-refractivity contribution is 9.10. The van der Waals surface area contributed by atoms with Crippen LogP contribution in [0.2, 0.25) is 0 Å². The van der Waals surface area contributed by atoms with Crippen LogP contribution in [0.3, 0.4) is 0 Å². The van der Waals surface area contributed by atoms with Crippen LogP contribution in [0.4, 0.5) is 11.5 Å². The van der Waals surface area contributed by atoms with Gasteiger partial charge in [0.2, 0.25) is 5.88 Å². The lowest BCUT2D eigenvalue weighted by Gasteiger charge is -2.40. The van der Waals surface area contributed by atoms with E-state index in [2.05, 4.69) is 85.5 Å². The van der Waals surface area contributed by atoms with E-state index in [9.17, 15) is 5.26 Å². The molecule has 2 aromatic carbocycles. The minimum Gasteiger partial charge on any atom is -0.475 e. The Morgan fingerprint density at radius 2 is 1.87 bits per heavy atom. The van der Waals surface area contributed by atoms with E-state index in [0.717, 1.165) is 54.9 Å². The summed E-state index contributed by atoms with van der Waals surface area (Å²) in [5.74, 6) is 1.58. The molecule has 8 heteroatoms. The number of nitrogens with zero attached hydrogens (tertiary/aromatic N) is 5. The third-order valence-electron chi connectivity index (χ3n) is 9.33. The molecule has 3 aromatic rings. The van der Waals surface area contributed by atoms with Crippen LogP contribution in [0.15, 0.2) is 40.9 Å². The first-order chi connectivity index (χ1) is 19.1. The van der Waals surface area contributed by atoms with E-state index in [1.807, 2.05) is 0 Å². The quantitative estimate of drug-likeness (QED) is 0.458. The van der Waals surface area contributed by atoms with Gasteiger partial charge in [-0.2, -0.15) is 10.2 Å². The molecule has 0 spiro atoms. The van der Waals surface area contributed by atoms with Gasteiger partial charge in [-0.25, -0.2) is 0 Å². The largest absolute Gasteiger partial charge is 0.475 e. The van der Waals surface area contributed by atoms with Crippen LogP contribution in [-0.4, -0.2) is 67.8 Å². The second kappa shape index (κ2) is 10.3. The normalized spacial score (nSPS) is 24.7. The van der Waals surface area contributed by atoms with Crippen molar-refractivity contribution >= 4 is 38.2 Å². The summed E-state index contributed by atoms with van der Waals surface area (Å²) in [5.41, 5.74) is 4.14. The molecule has 5 heterocycles. The number of benzene rings is 2. The number of hydrogen-bond acceptors (Lipinski definition) is 7. The van der Waals surface area contributed by atoms with E-state index in [1.54, 1.807) is 0 Å². The first-order valence-electron chi connectivity index (χ1n) is 14.3. The molecule has 0 amide bonds. The third-order valence-corrected chi connectivity index (χ3v) is 9.99. The molecule has 3 unspecified atom stereocenters. The maximum absolute atomic E-state index is 10.5. The number of anilines is 2. The van der Waals surface area contributed by atoms with Gasteiger partial charge in [-0.05, 0) is 63.2 Å². The Morgan fingerprint density at radius 3 is 2.62 bits per heavy atom. The van der Waals surface area contributed by atoms with Gasteiger partial charge in [0.15, 0.2) is 0 Å². The molecule has 2 bridgehead atoms. The Balaban J connectivity index is 1.31. The van der Waals surface area contributed by atoms with Crippen molar-refractivity contribution in [3.63, 3.8) is 0 Å². The average molecular weight is 588 g/mol. The van der Waals surface area contributed by atoms with Crippen LogP contribution in [0.1, 0.15) is 42.4 Å². The fourth-order valence-electron chi connectivity index (χ4n) is 7.26. The van der Waals surface area contributed by atoms with Crippen molar-refractivity contribution in [3.05, 3.63) is 57.6 Å². The van der Waals surface area contributed by atoms with Crippen LogP contribution in [-0.2, 0) is 13.0 Å². The first-order valence-corrected chi connectivity index (χ1v) is 15.1. The fourth-order valence-corrected chi connectivity index (χ4v) is 7.84. The summed E-state index contributed by atoms with van der Waals surface area (Å²) in [6, 6.07) is 16.7. The summed E-state index contributed by atoms with van der Waals surface area (Å²) in [5, 5.41) is 16.5. The molecule has 202 valence electrons. The van der Waals surface area contributed by atoms with Gasteiger partial charge >= 0.3 is 0 Å². The van der Waals surface area contributed by atoms with Crippen molar-refractivity contribution in [3.8, 4) is 11.9 Å². The zero-order valence-corrected chi connectivity index (χ0v) is 24.1. The van der Waals surface area contributed by atoms with Crippen molar-refractivity contribution in [1.82, 2.24) is 15.2 Å². The van der Waals surface area contributed by atoms with Gasteiger partial charge in [-0.15, -0.1) is 0 Å². The fraction of sp³-hybridized carbons (Fsp3) is 0.484. The van der Waals surface area contributed by atoms with Gasteiger partial charge in [0.05, 0.1) is 0 Å². The standard InChI is InChI=1S/C31H35BrN6O/c1-36-13-4-7-23(36)19-39-31-25(15-33)26-18-37(28-9-3-6-20-5-2-8-27(32)29(20)28)14-12-24(26)30(35-31)38-21-10-11-22(38)17-34-16-21/h2-3,5-6,8-9,21-23,34H,4,7,10-14,16-19H2,1H3. The van der Waals surface area contributed by atoms with Crippen molar-refractivity contribution in [2.24, 2.45) is 0 Å². The monoisotopic (exact) mass is 586 g/mol. The molecule has 4 aliphatic rings. The molecule has 1 N–H and O–H groups in total. The predicted molar refractivity (Wildman–Crippen MR) is 159 cm³/mol. The highest BCUT2D eigenvalue weighted by Crippen LogP contribution is 2.42. The van der Waals surface area contributed by atoms with E-state index in [1.165, 1.54) is 41.3 Å². The number of hydrogen-bond donors (Lipinski definition) is 1. The third kappa shape index (κ3) is 4.35. The van der Waals surface area contributed by atoms with Crippen molar-refractivity contribution in [1.29, 1.82) is 5.26 Å². The van der Waals surface area contributed by atoms with Gasteiger partial charge in [0.25, 0.3) is 0 Å². The number of likely N-dealkylation sites (tertiary alicyclic amines) is 1. The zero-order valence-electron chi connectivity index (χ0n) is 22.5. The summed E-state index contributed by atoms with van der Waals surface area (Å²) in [7, 11) is 2.16. The highest BCUT2D eigenvalue weighted by Gasteiger charge is 2.40. The summed E-state index contributed by atoms with van der Waals surface area (Å²) in [6.45, 7) is 5.22. The molecule has 7 rings (SSSR count). The number of rotatable bonds is 5. The summed E-state index contributed by atoms with van der Waals surface area (Å²) in [6.07, 6.45) is 5.56. The second-order valence-electron chi connectivity index (χ2n) is 11.5. The molecule has 4 aliphatic heterocycles. The molecule has 3 atom stereocenters. The minimum absolute atomic E-state index is 0.373. The smallest absolute Gasteiger partial charge is 0.234 e. The molecule has 7 nitrogen and oxygen atoms in total. The van der Waals surface area contributed by atoms with E-state index < -0.39 is 0 Å². The lowest BCUT2D eigenvalue weighted by molar-refractivity contribution is 0.192. The molecule has 0 radical (unpaired) electrons. The number of piperazine rings is 1. The van der Waals surface area contributed by atoms with Crippen molar-refractivity contribution in [2.45, 2.75) is 56.8 Å². The first kappa shape index (κ1) is 25.1. The average Bonchev–Trinajstić information content (AvgIpc) is 3.48. The van der Waals surface area contributed by atoms with E-state index >= 15 is 0 Å². The Morgan fingerprint density at radius 1 is 1.08 bits per heavy atom. The molecule has 3 saturated heterocycles. The Labute approximate surface area is 238 Å². The number of nitriles is 1. The molecular formula is C31H35BrN6O. The van der Waals surface area contributed by atoms with E-state index in [0.29, 0.717) is 42.7 Å². The van der Waals surface area contributed by atoms with Gasteiger partial charge in [-0.1, -0.05) is 40.2 Å². The van der Waals surface area contributed by atoms with Crippen molar-refractivity contribution < 1.29 is 4.74 Å². The van der Waals surface area contributed by atoms with Gasteiger partial charge in [0.1, 0.15) is 24.1 Å². The number of fused-ring (bicyclic) bond motifs is 4. The number of ether oxygens (including phenoxy) is 1. The van der Waals surface area contributed by atoms with Gasteiger partial charge < -0.3 is 24.8 Å².